The fourth-order valence-electron chi connectivity index (χ4n) is 1.60. The maximum absolute atomic E-state index is 11.3. The molecule has 0 radical (unpaired) electrons. The molecule has 0 amide bonds. The highest BCUT2D eigenvalue weighted by atomic mass is 16.6. The van der Waals surface area contributed by atoms with Crippen molar-refractivity contribution in [2.45, 2.75) is 58.0 Å². The Morgan fingerprint density at radius 1 is 1.05 bits per heavy atom. The SMILES string of the molecule is CCCCC/C=C\C/C=C\CCC(=O)OC(CO)CO. The number of allylic oxidation sites excluding steroid dienone is 4. The van der Waals surface area contributed by atoms with Crippen molar-refractivity contribution < 1.29 is 19.7 Å². The molecule has 0 aliphatic rings. The summed E-state index contributed by atoms with van der Waals surface area (Å²) in [5, 5.41) is 17.5. The van der Waals surface area contributed by atoms with Gasteiger partial charge in [-0.05, 0) is 25.7 Å². The fourth-order valence-corrected chi connectivity index (χ4v) is 1.60. The molecule has 0 aromatic heterocycles. The first-order valence-corrected chi connectivity index (χ1v) is 7.45. The molecule has 0 aliphatic carbocycles. The highest BCUT2D eigenvalue weighted by molar-refractivity contribution is 5.69. The molecule has 0 heterocycles. The third-order valence-electron chi connectivity index (χ3n) is 2.80. The maximum atomic E-state index is 11.3. The topological polar surface area (TPSA) is 66.8 Å². The summed E-state index contributed by atoms with van der Waals surface area (Å²) in [4.78, 5) is 11.3. The number of esters is 1. The van der Waals surface area contributed by atoms with Gasteiger partial charge in [-0.3, -0.25) is 4.79 Å². The number of hydrogen-bond acceptors (Lipinski definition) is 4. The molecule has 0 aromatic carbocycles. The molecule has 4 heteroatoms. The van der Waals surface area contributed by atoms with Crippen LogP contribution < -0.4 is 0 Å². The Hall–Kier alpha value is -1.13. The molecular formula is C16H28O4. The van der Waals surface area contributed by atoms with E-state index in [0.29, 0.717) is 6.42 Å². The molecule has 4 nitrogen and oxygen atoms in total. The van der Waals surface area contributed by atoms with Crippen LogP contribution in [-0.4, -0.2) is 35.5 Å². The van der Waals surface area contributed by atoms with Crippen LogP contribution in [0.25, 0.3) is 0 Å². The first-order chi connectivity index (χ1) is 9.74. The standard InChI is InChI=1S/C16H28O4/c1-2-3-4-5-6-7-8-9-10-11-12-16(19)20-15(13-17)14-18/h6-7,9-10,15,17-18H,2-5,8,11-14H2,1H3/b7-6-,10-9-. The van der Waals surface area contributed by atoms with E-state index in [-0.39, 0.29) is 19.6 Å². The highest BCUT2D eigenvalue weighted by Crippen LogP contribution is 2.02. The van der Waals surface area contributed by atoms with Crippen molar-refractivity contribution in [1.82, 2.24) is 0 Å². The Balaban J connectivity index is 3.53. The first kappa shape index (κ1) is 18.9. The summed E-state index contributed by atoms with van der Waals surface area (Å²) in [6.07, 6.45) is 14.2. The molecule has 0 atom stereocenters. The van der Waals surface area contributed by atoms with Gasteiger partial charge in [-0.25, -0.2) is 0 Å². The number of carbonyl (C=O) groups is 1. The number of carbonyl (C=O) groups excluding carboxylic acids is 1. The summed E-state index contributed by atoms with van der Waals surface area (Å²) < 4.78 is 4.84. The van der Waals surface area contributed by atoms with Gasteiger partial charge < -0.3 is 14.9 Å². The van der Waals surface area contributed by atoms with Crippen molar-refractivity contribution in [3.05, 3.63) is 24.3 Å². The maximum Gasteiger partial charge on any atom is 0.306 e. The Morgan fingerprint density at radius 2 is 1.70 bits per heavy atom. The summed E-state index contributed by atoms with van der Waals surface area (Å²) in [6.45, 7) is 1.50. The monoisotopic (exact) mass is 284 g/mol. The van der Waals surface area contributed by atoms with E-state index in [1.54, 1.807) is 0 Å². The molecule has 20 heavy (non-hydrogen) atoms. The third kappa shape index (κ3) is 11.9. The van der Waals surface area contributed by atoms with Gasteiger partial charge in [0.05, 0.1) is 13.2 Å². The lowest BCUT2D eigenvalue weighted by molar-refractivity contribution is -0.153. The second-order valence-corrected chi connectivity index (χ2v) is 4.69. The Morgan fingerprint density at radius 3 is 2.30 bits per heavy atom. The molecule has 0 rings (SSSR count). The lowest BCUT2D eigenvalue weighted by atomic mass is 10.2. The van der Waals surface area contributed by atoms with Crippen LogP contribution in [0.15, 0.2) is 24.3 Å². The predicted octanol–water partition coefficient (Wildman–Crippen LogP) is 2.75. The molecule has 0 saturated carbocycles. The van der Waals surface area contributed by atoms with E-state index >= 15 is 0 Å². The van der Waals surface area contributed by atoms with Gasteiger partial charge in [0.25, 0.3) is 0 Å². The normalized spacial score (nSPS) is 11.8. The minimum atomic E-state index is -0.794. The zero-order chi connectivity index (χ0) is 15.1. The second kappa shape index (κ2) is 14.3. The Kier molecular flexibility index (Phi) is 13.5. The Labute approximate surface area is 122 Å². The molecule has 0 unspecified atom stereocenters. The van der Waals surface area contributed by atoms with Crippen LogP contribution in [-0.2, 0) is 9.53 Å². The van der Waals surface area contributed by atoms with Crippen molar-refractivity contribution >= 4 is 5.97 Å². The number of aliphatic hydroxyl groups is 2. The van der Waals surface area contributed by atoms with Crippen LogP contribution in [0.5, 0.6) is 0 Å². The number of rotatable bonds is 12. The molecule has 0 fully saturated rings. The van der Waals surface area contributed by atoms with E-state index < -0.39 is 12.1 Å². The third-order valence-corrected chi connectivity index (χ3v) is 2.80. The van der Waals surface area contributed by atoms with Gasteiger partial charge >= 0.3 is 5.97 Å². The van der Waals surface area contributed by atoms with Crippen molar-refractivity contribution in [2.24, 2.45) is 0 Å². The molecule has 116 valence electrons. The van der Waals surface area contributed by atoms with Gasteiger partial charge in [0.1, 0.15) is 6.10 Å². The molecule has 0 bridgehead atoms. The van der Waals surface area contributed by atoms with E-state index in [9.17, 15) is 4.79 Å². The summed E-state index contributed by atoms with van der Waals surface area (Å²) >= 11 is 0. The average Bonchev–Trinajstić information content (AvgIpc) is 2.46. The summed E-state index contributed by atoms with van der Waals surface area (Å²) in [5.74, 6) is -0.391. The average molecular weight is 284 g/mol. The van der Waals surface area contributed by atoms with Gasteiger partial charge in [-0.2, -0.15) is 0 Å². The van der Waals surface area contributed by atoms with Crippen LogP contribution >= 0.6 is 0 Å². The minimum absolute atomic E-state index is 0.271. The molecule has 0 aliphatic heterocycles. The van der Waals surface area contributed by atoms with Gasteiger partial charge in [-0.1, -0.05) is 44.1 Å². The van der Waals surface area contributed by atoms with Crippen LogP contribution in [0.1, 0.15) is 51.9 Å². The first-order valence-electron chi connectivity index (χ1n) is 7.45. The van der Waals surface area contributed by atoms with E-state index in [2.05, 4.69) is 19.1 Å². The summed E-state index contributed by atoms with van der Waals surface area (Å²) in [6, 6.07) is 0. The lowest BCUT2D eigenvalue weighted by Crippen LogP contribution is -2.25. The minimum Gasteiger partial charge on any atom is -0.457 e. The summed E-state index contributed by atoms with van der Waals surface area (Å²) in [7, 11) is 0. The molecular weight excluding hydrogens is 256 g/mol. The largest absolute Gasteiger partial charge is 0.457 e. The van der Waals surface area contributed by atoms with Crippen molar-refractivity contribution in [3.8, 4) is 0 Å². The smallest absolute Gasteiger partial charge is 0.306 e. The van der Waals surface area contributed by atoms with Gasteiger partial charge in [0.15, 0.2) is 0 Å². The Bertz CT molecular complexity index is 280. The van der Waals surface area contributed by atoms with Crippen LogP contribution in [0.3, 0.4) is 0 Å². The van der Waals surface area contributed by atoms with Crippen LogP contribution in [0, 0.1) is 0 Å². The van der Waals surface area contributed by atoms with E-state index in [0.717, 1.165) is 12.8 Å². The lowest BCUT2D eigenvalue weighted by Gasteiger charge is -2.11. The van der Waals surface area contributed by atoms with E-state index in [4.69, 9.17) is 14.9 Å². The zero-order valence-electron chi connectivity index (χ0n) is 12.5. The number of unbranched alkanes of at least 4 members (excludes halogenated alkanes) is 3. The van der Waals surface area contributed by atoms with E-state index in [1.165, 1.54) is 19.3 Å². The van der Waals surface area contributed by atoms with Crippen molar-refractivity contribution in [3.63, 3.8) is 0 Å². The molecule has 0 aromatic rings. The molecule has 0 spiro atoms. The quantitative estimate of drug-likeness (QED) is 0.328. The molecule has 0 saturated heterocycles. The highest BCUT2D eigenvalue weighted by Gasteiger charge is 2.10. The molecule has 2 N–H and O–H groups in total. The predicted molar refractivity (Wildman–Crippen MR) is 80.3 cm³/mol. The van der Waals surface area contributed by atoms with Crippen molar-refractivity contribution in [1.29, 1.82) is 0 Å². The fraction of sp³-hybridized carbons (Fsp3) is 0.688. The number of ether oxygens (including phenoxy) is 1. The van der Waals surface area contributed by atoms with Gasteiger partial charge in [0, 0.05) is 6.42 Å². The summed E-state index contributed by atoms with van der Waals surface area (Å²) in [5.41, 5.74) is 0. The van der Waals surface area contributed by atoms with Gasteiger partial charge in [0.2, 0.25) is 0 Å². The van der Waals surface area contributed by atoms with Crippen LogP contribution in [0.2, 0.25) is 0 Å². The number of aliphatic hydroxyl groups excluding tert-OH is 2. The van der Waals surface area contributed by atoms with Crippen molar-refractivity contribution in [2.75, 3.05) is 13.2 Å². The van der Waals surface area contributed by atoms with E-state index in [1.807, 2.05) is 12.2 Å². The second-order valence-electron chi connectivity index (χ2n) is 4.69. The van der Waals surface area contributed by atoms with Gasteiger partial charge in [-0.15, -0.1) is 0 Å². The zero-order valence-corrected chi connectivity index (χ0v) is 12.5. The number of hydrogen-bond donors (Lipinski definition) is 2. The van der Waals surface area contributed by atoms with Crippen LogP contribution in [0.4, 0.5) is 0 Å².